The number of aryl methyl sites for hydroxylation is 1. The number of nitrogens with zero attached hydrogens (tertiary/aromatic N) is 1. The van der Waals surface area contributed by atoms with Crippen LogP contribution in [0.1, 0.15) is 31.4 Å². The molecule has 2 rings (SSSR count). The van der Waals surface area contributed by atoms with Gasteiger partial charge in [-0.15, -0.1) is 0 Å². The van der Waals surface area contributed by atoms with Gasteiger partial charge in [-0.1, -0.05) is 56.3 Å². The number of carbonyl (C=O) groups excluding carboxylic acids is 3. The number of carbonyl (C=O) groups is 3. The molecule has 2 aromatic rings. The summed E-state index contributed by atoms with van der Waals surface area (Å²) in [6.45, 7) is 5.85. The van der Waals surface area contributed by atoms with E-state index in [4.69, 9.17) is 0 Å². The Bertz CT molecular complexity index is 836. The molecule has 0 saturated heterocycles. The number of benzene rings is 2. The largest absolute Gasteiger partial charge is 0.345 e. The molecule has 6 nitrogen and oxygen atoms in total. The molecule has 0 heterocycles. The fraction of sp³-hybridized carbons (Fsp3) is 0.348. The topological polar surface area (TPSA) is 78.5 Å². The molecule has 0 aliphatic heterocycles. The van der Waals surface area contributed by atoms with Gasteiger partial charge in [-0.05, 0) is 36.6 Å². The molecule has 6 heteroatoms. The van der Waals surface area contributed by atoms with E-state index in [1.165, 1.54) is 4.90 Å². The molecular weight excluding hydrogens is 366 g/mol. The number of nitrogens with one attached hydrogen (secondary N) is 2. The van der Waals surface area contributed by atoms with E-state index in [2.05, 4.69) is 10.6 Å². The summed E-state index contributed by atoms with van der Waals surface area (Å²) in [5, 5.41) is 5.35. The average Bonchev–Trinajstić information content (AvgIpc) is 2.71. The van der Waals surface area contributed by atoms with E-state index < -0.39 is 0 Å². The maximum absolute atomic E-state index is 12.7. The Labute approximate surface area is 172 Å². The molecule has 29 heavy (non-hydrogen) atoms. The van der Waals surface area contributed by atoms with Gasteiger partial charge in [-0.2, -0.15) is 0 Å². The van der Waals surface area contributed by atoms with E-state index in [-0.39, 0.29) is 36.7 Å². The Morgan fingerprint density at radius 1 is 1.00 bits per heavy atom. The molecule has 0 aliphatic carbocycles. The third-order valence-electron chi connectivity index (χ3n) is 4.64. The lowest BCUT2D eigenvalue weighted by Gasteiger charge is -2.25. The number of hydrogen-bond acceptors (Lipinski definition) is 3. The normalized spacial score (nSPS) is 11.4. The van der Waals surface area contributed by atoms with Crippen LogP contribution in [0.3, 0.4) is 0 Å². The summed E-state index contributed by atoms with van der Waals surface area (Å²) in [5.74, 6) is -0.921. The van der Waals surface area contributed by atoms with Crippen LogP contribution in [0.15, 0.2) is 54.6 Å². The van der Waals surface area contributed by atoms with Crippen molar-refractivity contribution in [3.05, 3.63) is 65.7 Å². The minimum Gasteiger partial charge on any atom is -0.345 e. The Hall–Kier alpha value is -3.15. The smallest absolute Gasteiger partial charge is 0.243 e. The predicted octanol–water partition coefficient (Wildman–Crippen LogP) is 3.12. The summed E-state index contributed by atoms with van der Waals surface area (Å²) in [5.41, 5.74) is 2.67. The molecule has 0 aliphatic rings. The molecule has 1 unspecified atom stereocenters. The van der Waals surface area contributed by atoms with Crippen molar-refractivity contribution in [1.29, 1.82) is 0 Å². The first-order valence-corrected chi connectivity index (χ1v) is 9.85. The molecule has 0 saturated carbocycles. The highest BCUT2D eigenvalue weighted by Gasteiger charge is 2.22. The minimum absolute atomic E-state index is 0.0734. The maximum atomic E-state index is 12.7. The van der Waals surface area contributed by atoms with Crippen LogP contribution in [-0.4, -0.2) is 35.7 Å². The van der Waals surface area contributed by atoms with Crippen molar-refractivity contribution < 1.29 is 14.4 Å². The van der Waals surface area contributed by atoms with Crippen molar-refractivity contribution in [2.45, 2.75) is 33.7 Å². The summed E-state index contributed by atoms with van der Waals surface area (Å²) in [4.78, 5) is 38.7. The molecule has 1 atom stereocenters. The van der Waals surface area contributed by atoms with Crippen LogP contribution >= 0.6 is 0 Å². The predicted molar refractivity (Wildman–Crippen MR) is 114 cm³/mol. The fourth-order valence-corrected chi connectivity index (χ4v) is 2.84. The first-order valence-electron chi connectivity index (χ1n) is 9.85. The van der Waals surface area contributed by atoms with Crippen LogP contribution in [0.5, 0.6) is 0 Å². The SMILES string of the molecule is CCC(C)C(=O)N(CC(=O)NCC(=O)Nc1cccc(C)c1)Cc1ccccc1. The Morgan fingerprint density at radius 3 is 2.38 bits per heavy atom. The van der Waals surface area contributed by atoms with Gasteiger partial charge in [-0.25, -0.2) is 0 Å². The molecule has 3 amide bonds. The molecule has 2 N–H and O–H groups in total. The summed E-state index contributed by atoms with van der Waals surface area (Å²) in [7, 11) is 0. The number of anilines is 1. The number of amides is 3. The number of rotatable bonds is 9. The van der Waals surface area contributed by atoms with Crippen LogP contribution < -0.4 is 10.6 Å². The molecule has 0 spiro atoms. The van der Waals surface area contributed by atoms with Gasteiger partial charge in [0.15, 0.2) is 0 Å². The standard InChI is InChI=1S/C23H29N3O3/c1-4-18(3)23(29)26(15-19-10-6-5-7-11-19)16-22(28)24-14-21(27)25-20-12-8-9-17(2)13-20/h5-13,18H,4,14-16H2,1-3H3,(H,24,28)(H,25,27). The molecule has 0 aromatic heterocycles. The van der Waals surface area contributed by atoms with Gasteiger partial charge >= 0.3 is 0 Å². The van der Waals surface area contributed by atoms with Gasteiger partial charge in [0.25, 0.3) is 0 Å². The zero-order valence-corrected chi connectivity index (χ0v) is 17.3. The van der Waals surface area contributed by atoms with Crippen molar-refractivity contribution in [3.63, 3.8) is 0 Å². The van der Waals surface area contributed by atoms with Crippen molar-refractivity contribution in [1.82, 2.24) is 10.2 Å². The monoisotopic (exact) mass is 395 g/mol. The second-order valence-electron chi connectivity index (χ2n) is 7.18. The summed E-state index contributed by atoms with van der Waals surface area (Å²) in [6.07, 6.45) is 0.699. The van der Waals surface area contributed by atoms with Gasteiger partial charge in [0.1, 0.15) is 0 Å². The average molecular weight is 396 g/mol. The Morgan fingerprint density at radius 2 is 1.72 bits per heavy atom. The zero-order chi connectivity index (χ0) is 21.2. The second-order valence-corrected chi connectivity index (χ2v) is 7.18. The van der Waals surface area contributed by atoms with Gasteiger partial charge in [0.2, 0.25) is 17.7 Å². The van der Waals surface area contributed by atoms with Crippen LogP contribution in [0.25, 0.3) is 0 Å². The van der Waals surface area contributed by atoms with E-state index in [9.17, 15) is 14.4 Å². The van der Waals surface area contributed by atoms with Crippen LogP contribution in [-0.2, 0) is 20.9 Å². The van der Waals surface area contributed by atoms with E-state index in [0.717, 1.165) is 11.1 Å². The van der Waals surface area contributed by atoms with Gasteiger partial charge < -0.3 is 15.5 Å². The maximum Gasteiger partial charge on any atom is 0.243 e. The Kier molecular flexibility index (Phi) is 8.40. The quantitative estimate of drug-likeness (QED) is 0.685. The van der Waals surface area contributed by atoms with Crippen molar-refractivity contribution in [2.24, 2.45) is 5.92 Å². The van der Waals surface area contributed by atoms with Crippen molar-refractivity contribution in [3.8, 4) is 0 Å². The van der Waals surface area contributed by atoms with Gasteiger partial charge in [-0.3, -0.25) is 14.4 Å². The third kappa shape index (κ3) is 7.41. The van der Waals surface area contributed by atoms with Crippen LogP contribution in [0, 0.1) is 12.8 Å². The van der Waals surface area contributed by atoms with E-state index >= 15 is 0 Å². The number of hydrogen-bond donors (Lipinski definition) is 2. The Balaban J connectivity index is 1.92. The zero-order valence-electron chi connectivity index (χ0n) is 17.3. The molecule has 2 aromatic carbocycles. The molecule has 154 valence electrons. The first-order chi connectivity index (χ1) is 13.9. The highest BCUT2D eigenvalue weighted by Crippen LogP contribution is 2.12. The van der Waals surface area contributed by atoms with E-state index in [1.54, 1.807) is 6.07 Å². The fourth-order valence-electron chi connectivity index (χ4n) is 2.84. The second kappa shape index (κ2) is 11.0. The molecule has 0 fully saturated rings. The molecule has 0 radical (unpaired) electrons. The van der Waals surface area contributed by atoms with Gasteiger partial charge in [0.05, 0.1) is 13.1 Å². The third-order valence-corrected chi connectivity index (χ3v) is 4.64. The summed E-state index contributed by atoms with van der Waals surface area (Å²) >= 11 is 0. The molecular formula is C23H29N3O3. The van der Waals surface area contributed by atoms with Gasteiger partial charge in [0, 0.05) is 18.2 Å². The van der Waals surface area contributed by atoms with Crippen LogP contribution in [0.4, 0.5) is 5.69 Å². The lowest BCUT2D eigenvalue weighted by atomic mass is 10.1. The minimum atomic E-state index is -0.364. The van der Waals surface area contributed by atoms with E-state index in [0.29, 0.717) is 18.7 Å². The lowest BCUT2D eigenvalue weighted by Crippen LogP contribution is -2.44. The first kappa shape index (κ1) is 22.1. The lowest BCUT2D eigenvalue weighted by molar-refractivity contribution is -0.139. The van der Waals surface area contributed by atoms with Crippen LogP contribution in [0.2, 0.25) is 0 Å². The van der Waals surface area contributed by atoms with Crippen molar-refractivity contribution in [2.75, 3.05) is 18.4 Å². The van der Waals surface area contributed by atoms with Crippen molar-refractivity contribution >= 4 is 23.4 Å². The highest BCUT2D eigenvalue weighted by atomic mass is 16.2. The van der Waals surface area contributed by atoms with E-state index in [1.807, 2.05) is 69.3 Å². The summed E-state index contributed by atoms with van der Waals surface area (Å²) < 4.78 is 0. The molecule has 0 bridgehead atoms. The highest BCUT2D eigenvalue weighted by molar-refractivity contribution is 5.95. The summed E-state index contributed by atoms with van der Waals surface area (Å²) in [6, 6.07) is 17.0.